The summed E-state index contributed by atoms with van der Waals surface area (Å²) in [6.07, 6.45) is 1.84. The molecule has 5 aromatic rings. The van der Waals surface area contributed by atoms with Crippen LogP contribution in [0.2, 0.25) is 0 Å². The predicted octanol–water partition coefficient (Wildman–Crippen LogP) is 6.78. The fraction of sp³-hybridized carbons (Fsp3) is 0.156. The summed E-state index contributed by atoms with van der Waals surface area (Å²) in [5, 5.41) is 0. The molecule has 0 N–H and O–H groups in total. The maximum Gasteiger partial charge on any atom is 0.340 e. The van der Waals surface area contributed by atoms with Crippen LogP contribution in [-0.4, -0.2) is 42.5 Å². The molecule has 0 saturated heterocycles. The molecule has 39 heavy (non-hydrogen) atoms. The number of para-hydroxylation sites is 2. The van der Waals surface area contributed by atoms with Gasteiger partial charge in [0.25, 0.3) is 6.01 Å². The van der Waals surface area contributed by atoms with Gasteiger partial charge in [-0.3, -0.25) is 9.56 Å². The Morgan fingerprint density at radius 2 is 1.74 bits per heavy atom. The Hall–Kier alpha value is -4.91. The van der Waals surface area contributed by atoms with Crippen molar-refractivity contribution in [3.63, 3.8) is 0 Å². The Morgan fingerprint density at radius 3 is 2.46 bits per heavy atom. The van der Waals surface area contributed by atoms with E-state index in [2.05, 4.69) is 34.2 Å². The number of carbonyl (C=O) groups is 1. The Balaban J connectivity index is 1.49. The fourth-order valence-corrected chi connectivity index (χ4v) is 4.52. The number of benzene rings is 4. The normalized spacial score (nSPS) is 11.2. The van der Waals surface area contributed by atoms with Crippen LogP contribution in [0.25, 0.3) is 22.2 Å². The molecule has 0 unspecified atom stereocenters. The monoisotopic (exact) mass is 519 g/mol. The van der Waals surface area contributed by atoms with E-state index < -0.39 is 5.97 Å². The molecule has 0 amide bonds. The number of aromatic nitrogens is 2. The molecule has 0 aliphatic carbocycles. The van der Waals surface area contributed by atoms with Crippen LogP contribution in [0.15, 0.2) is 96.0 Å². The van der Waals surface area contributed by atoms with E-state index in [1.54, 1.807) is 19.2 Å². The van der Waals surface area contributed by atoms with Crippen molar-refractivity contribution in [2.75, 3.05) is 20.8 Å². The van der Waals surface area contributed by atoms with Crippen LogP contribution in [0.3, 0.4) is 0 Å². The summed E-state index contributed by atoms with van der Waals surface area (Å²) in [5.74, 6) is 1.11. The van der Waals surface area contributed by atoms with Crippen molar-refractivity contribution in [1.29, 1.82) is 0 Å². The lowest BCUT2D eigenvalue weighted by Crippen LogP contribution is -2.09. The highest BCUT2D eigenvalue weighted by molar-refractivity contribution is 6.02. The van der Waals surface area contributed by atoms with E-state index in [4.69, 9.17) is 14.2 Å². The van der Waals surface area contributed by atoms with Crippen molar-refractivity contribution >= 4 is 23.2 Å². The Bertz CT molecular complexity index is 1620. The summed E-state index contributed by atoms with van der Waals surface area (Å²) < 4.78 is 18.8. The number of imidazole rings is 1. The van der Waals surface area contributed by atoms with Crippen LogP contribution in [0.1, 0.15) is 28.4 Å². The third-order valence-corrected chi connectivity index (χ3v) is 6.29. The van der Waals surface area contributed by atoms with Gasteiger partial charge in [0.05, 0.1) is 36.9 Å². The van der Waals surface area contributed by atoms with E-state index in [0.717, 1.165) is 33.8 Å². The first-order valence-corrected chi connectivity index (χ1v) is 12.7. The van der Waals surface area contributed by atoms with E-state index in [0.29, 0.717) is 35.8 Å². The van der Waals surface area contributed by atoms with Crippen molar-refractivity contribution < 1.29 is 19.0 Å². The van der Waals surface area contributed by atoms with Gasteiger partial charge in [0, 0.05) is 18.8 Å². The number of nitrogens with zero attached hydrogens (tertiary/aromatic N) is 3. The van der Waals surface area contributed by atoms with Crippen molar-refractivity contribution in [2.24, 2.45) is 4.99 Å². The summed E-state index contributed by atoms with van der Waals surface area (Å²) in [4.78, 5) is 21.4. The number of aliphatic imine (C=N–C) groups is 1. The molecular weight excluding hydrogens is 490 g/mol. The first kappa shape index (κ1) is 25.7. The van der Waals surface area contributed by atoms with Gasteiger partial charge >= 0.3 is 5.97 Å². The van der Waals surface area contributed by atoms with Crippen molar-refractivity contribution in [1.82, 2.24) is 9.55 Å². The highest BCUT2D eigenvalue weighted by atomic mass is 16.5. The summed E-state index contributed by atoms with van der Waals surface area (Å²) in [5.41, 5.74) is 5.87. The minimum atomic E-state index is -0.414. The maximum absolute atomic E-state index is 12.5. The van der Waals surface area contributed by atoms with Crippen LogP contribution in [0, 0.1) is 0 Å². The van der Waals surface area contributed by atoms with E-state index in [1.807, 2.05) is 72.3 Å². The van der Waals surface area contributed by atoms with Gasteiger partial charge in [-0.2, -0.15) is 4.98 Å². The second-order valence-electron chi connectivity index (χ2n) is 8.83. The lowest BCUT2D eigenvalue weighted by molar-refractivity contribution is 0.0602. The lowest BCUT2D eigenvalue weighted by atomic mass is 9.98. The van der Waals surface area contributed by atoms with Crippen LogP contribution in [0.5, 0.6) is 17.5 Å². The summed E-state index contributed by atoms with van der Waals surface area (Å²) in [6, 6.07) is 29.8. The van der Waals surface area contributed by atoms with Crippen molar-refractivity contribution in [2.45, 2.75) is 13.5 Å². The number of hydrogen-bond acceptors (Lipinski definition) is 6. The molecule has 196 valence electrons. The third kappa shape index (κ3) is 5.52. The molecule has 4 aromatic carbocycles. The molecule has 0 radical (unpaired) electrons. The molecule has 0 aliphatic rings. The Labute approximate surface area is 227 Å². The molecule has 1 aromatic heterocycles. The van der Waals surface area contributed by atoms with Gasteiger partial charge in [-0.15, -0.1) is 0 Å². The van der Waals surface area contributed by atoms with Gasteiger partial charge in [0.2, 0.25) is 0 Å². The molecule has 1 heterocycles. The van der Waals surface area contributed by atoms with Crippen LogP contribution in [0.4, 0.5) is 0 Å². The quantitative estimate of drug-likeness (QED) is 0.159. The molecule has 5 rings (SSSR count). The van der Waals surface area contributed by atoms with Crippen LogP contribution in [-0.2, 0) is 11.3 Å². The Morgan fingerprint density at radius 1 is 0.949 bits per heavy atom. The second-order valence-corrected chi connectivity index (χ2v) is 8.83. The molecular formula is C32H29N3O4. The molecule has 0 atom stereocenters. The first-order valence-electron chi connectivity index (χ1n) is 12.7. The number of rotatable bonds is 9. The first-order chi connectivity index (χ1) is 19.1. The summed E-state index contributed by atoms with van der Waals surface area (Å²) in [7, 11) is 3.14. The lowest BCUT2D eigenvalue weighted by Gasteiger charge is -2.13. The smallest absolute Gasteiger partial charge is 0.340 e. The third-order valence-electron chi connectivity index (χ3n) is 6.29. The molecule has 0 fully saturated rings. The van der Waals surface area contributed by atoms with Crippen LogP contribution >= 0.6 is 0 Å². The van der Waals surface area contributed by atoms with E-state index in [9.17, 15) is 4.79 Å². The average Bonchev–Trinajstić information content (AvgIpc) is 3.31. The zero-order valence-electron chi connectivity index (χ0n) is 22.1. The summed E-state index contributed by atoms with van der Waals surface area (Å²) >= 11 is 0. The largest absolute Gasteiger partial charge is 0.465 e. The second kappa shape index (κ2) is 11.6. The molecule has 7 nitrogen and oxygen atoms in total. The Kier molecular flexibility index (Phi) is 7.68. The molecule has 0 bridgehead atoms. The van der Waals surface area contributed by atoms with Gasteiger partial charge in [0.15, 0.2) is 0 Å². The van der Waals surface area contributed by atoms with Gasteiger partial charge in [-0.25, -0.2) is 4.79 Å². The van der Waals surface area contributed by atoms with Gasteiger partial charge in [-0.1, -0.05) is 48.5 Å². The summed E-state index contributed by atoms with van der Waals surface area (Å²) in [6.45, 7) is 2.84. The van der Waals surface area contributed by atoms with Crippen LogP contribution < -0.4 is 9.47 Å². The van der Waals surface area contributed by atoms with Crippen molar-refractivity contribution in [3.8, 4) is 28.6 Å². The fourth-order valence-electron chi connectivity index (χ4n) is 4.52. The van der Waals surface area contributed by atoms with E-state index in [-0.39, 0.29) is 0 Å². The standard InChI is InChI=1S/C32H29N3O4/c1-4-38-32-34-29-12-8-11-27(31(36)37-3)30(29)35(32)21-22-13-15-23(16-14-22)28-19-26(18-17-24(28)20-33-2)39-25-9-6-5-7-10-25/h5-20H,4,21H2,1-3H3/b33-20+. The predicted molar refractivity (Wildman–Crippen MR) is 153 cm³/mol. The van der Waals surface area contributed by atoms with E-state index >= 15 is 0 Å². The minimum Gasteiger partial charge on any atom is -0.465 e. The minimum absolute atomic E-state index is 0.414. The van der Waals surface area contributed by atoms with Gasteiger partial charge in [0.1, 0.15) is 11.5 Å². The average molecular weight is 520 g/mol. The zero-order valence-corrected chi connectivity index (χ0v) is 22.1. The molecule has 0 aliphatic heterocycles. The number of fused-ring (bicyclic) bond motifs is 1. The SMILES string of the molecule is CCOc1nc2cccc(C(=O)OC)c2n1Cc1ccc(-c2cc(Oc3ccccc3)ccc2/C=N/C)cc1. The van der Waals surface area contributed by atoms with Gasteiger partial charge < -0.3 is 14.2 Å². The number of esters is 1. The highest BCUT2D eigenvalue weighted by Gasteiger charge is 2.20. The molecule has 7 heteroatoms. The molecule has 0 saturated carbocycles. The number of carbonyl (C=O) groups excluding carboxylic acids is 1. The number of hydrogen-bond donors (Lipinski definition) is 0. The topological polar surface area (TPSA) is 74.9 Å². The van der Waals surface area contributed by atoms with E-state index in [1.165, 1.54) is 7.11 Å². The van der Waals surface area contributed by atoms with Crippen molar-refractivity contribution in [3.05, 3.63) is 108 Å². The number of ether oxygens (including phenoxy) is 3. The number of methoxy groups -OCH3 is 1. The molecule has 0 spiro atoms. The zero-order chi connectivity index (χ0) is 27.2. The van der Waals surface area contributed by atoms with Gasteiger partial charge in [-0.05, 0) is 66.1 Å². The maximum atomic E-state index is 12.5. The highest BCUT2D eigenvalue weighted by Crippen LogP contribution is 2.31.